The van der Waals surface area contributed by atoms with Crippen molar-refractivity contribution in [2.45, 2.75) is 26.4 Å². The van der Waals surface area contributed by atoms with Crippen molar-refractivity contribution in [1.29, 1.82) is 5.26 Å². The molecule has 1 N–H and O–H groups in total. The molecule has 0 fully saturated rings. The summed E-state index contributed by atoms with van der Waals surface area (Å²) in [6, 6.07) is 2.10. The first-order valence-electron chi connectivity index (χ1n) is 4.00. The molecule has 70 valence electrons. The van der Waals surface area contributed by atoms with E-state index < -0.39 is 11.5 Å². The first-order chi connectivity index (χ1) is 6.14. The van der Waals surface area contributed by atoms with Crippen molar-refractivity contribution in [3.8, 4) is 6.07 Å². The van der Waals surface area contributed by atoms with E-state index in [-0.39, 0.29) is 0 Å². The zero-order chi connectivity index (χ0) is 9.90. The maximum absolute atomic E-state index is 9.81. The fourth-order valence-corrected chi connectivity index (χ4v) is 1.42. The normalized spacial score (nSPS) is 17.4. The lowest BCUT2D eigenvalue weighted by molar-refractivity contribution is 0.0684. The molecular weight excluding hydrogens is 186 g/mol. The molecule has 0 aromatic carbocycles. The highest BCUT2D eigenvalue weighted by Gasteiger charge is 2.33. The van der Waals surface area contributed by atoms with E-state index in [0.717, 1.165) is 0 Å². The molecule has 0 bridgehead atoms. The van der Waals surface area contributed by atoms with Gasteiger partial charge in [-0.3, -0.25) is 0 Å². The van der Waals surface area contributed by atoms with Gasteiger partial charge in [0.25, 0.3) is 0 Å². The van der Waals surface area contributed by atoms with Crippen molar-refractivity contribution in [2.24, 2.45) is 5.41 Å². The minimum atomic E-state index is -0.846. The van der Waals surface area contributed by atoms with Gasteiger partial charge in [-0.1, -0.05) is 11.4 Å². The molecule has 0 radical (unpaired) electrons. The molecule has 0 amide bonds. The summed E-state index contributed by atoms with van der Waals surface area (Å²) in [5.41, 5.74) is -0.286. The molecule has 1 rings (SSSR count). The first kappa shape index (κ1) is 10.1. The molecule has 1 aromatic rings. The van der Waals surface area contributed by atoms with Gasteiger partial charge in [0.1, 0.15) is 11.8 Å². The molecule has 0 saturated carbocycles. The second-order valence-corrected chi connectivity index (χ2v) is 3.72. The summed E-state index contributed by atoms with van der Waals surface area (Å²) in [5.74, 6) is 0. The summed E-state index contributed by atoms with van der Waals surface area (Å²) in [6.07, 6.45) is -0.261. The van der Waals surface area contributed by atoms with Crippen LogP contribution in [0, 0.1) is 16.7 Å². The van der Waals surface area contributed by atoms with Gasteiger partial charge in [-0.2, -0.15) is 5.26 Å². The molecule has 1 heterocycles. The van der Waals surface area contributed by atoms with E-state index in [2.05, 4.69) is 15.7 Å². The van der Waals surface area contributed by atoms with Crippen LogP contribution in [0.1, 0.15) is 32.1 Å². The fourth-order valence-electron chi connectivity index (χ4n) is 0.951. The third kappa shape index (κ3) is 1.85. The Morgan fingerprint density at radius 3 is 2.92 bits per heavy atom. The number of nitrogens with zero attached hydrogens (tertiary/aromatic N) is 3. The molecule has 4 nitrogen and oxygen atoms in total. The van der Waals surface area contributed by atoms with Crippen molar-refractivity contribution < 1.29 is 5.11 Å². The Balaban J connectivity index is 2.90. The lowest BCUT2D eigenvalue weighted by Gasteiger charge is -2.24. The average molecular weight is 197 g/mol. The van der Waals surface area contributed by atoms with Crippen LogP contribution in [-0.4, -0.2) is 14.7 Å². The number of aliphatic hydroxyl groups excluding tert-OH is 1. The van der Waals surface area contributed by atoms with E-state index in [4.69, 9.17) is 5.26 Å². The van der Waals surface area contributed by atoms with Crippen LogP contribution in [0.3, 0.4) is 0 Å². The number of hydrogen-bond donors (Lipinski definition) is 1. The van der Waals surface area contributed by atoms with E-state index in [1.54, 1.807) is 12.3 Å². The quantitative estimate of drug-likeness (QED) is 0.797. The van der Waals surface area contributed by atoms with Crippen LogP contribution in [0.25, 0.3) is 0 Å². The Morgan fingerprint density at radius 1 is 1.85 bits per heavy atom. The van der Waals surface area contributed by atoms with Crippen LogP contribution in [-0.2, 0) is 0 Å². The van der Waals surface area contributed by atoms with Gasteiger partial charge in [-0.25, -0.2) is 0 Å². The van der Waals surface area contributed by atoms with Gasteiger partial charge in [0, 0.05) is 5.38 Å². The van der Waals surface area contributed by atoms with Crippen LogP contribution < -0.4 is 0 Å². The van der Waals surface area contributed by atoms with E-state index in [9.17, 15) is 5.11 Å². The number of nitriles is 1. The molecule has 1 aromatic heterocycles. The lowest BCUT2D eigenvalue weighted by Crippen LogP contribution is -2.23. The SMILES string of the molecule is CCC(C)(C#N)C(O)c1csnn1. The first-order valence-corrected chi connectivity index (χ1v) is 4.84. The van der Waals surface area contributed by atoms with E-state index in [0.29, 0.717) is 12.1 Å². The molecule has 2 unspecified atom stereocenters. The maximum atomic E-state index is 9.81. The van der Waals surface area contributed by atoms with Gasteiger partial charge < -0.3 is 5.11 Å². The Bertz CT molecular complexity index is 306. The molecule has 0 spiro atoms. The van der Waals surface area contributed by atoms with Crippen LogP contribution in [0.5, 0.6) is 0 Å². The third-order valence-corrected chi connectivity index (χ3v) is 2.77. The van der Waals surface area contributed by atoms with Crippen LogP contribution in [0.4, 0.5) is 0 Å². The Labute approximate surface area is 81.0 Å². The van der Waals surface area contributed by atoms with Crippen molar-refractivity contribution in [1.82, 2.24) is 9.59 Å². The fraction of sp³-hybridized carbons (Fsp3) is 0.625. The topological polar surface area (TPSA) is 69.8 Å². The second kappa shape index (κ2) is 3.81. The molecule has 0 aliphatic carbocycles. The largest absolute Gasteiger partial charge is 0.385 e. The Kier molecular flexibility index (Phi) is 2.96. The van der Waals surface area contributed by atoms with Gasteiger partial charge in [0.2, 0.25) is 0 Å². The summed E-state index contributed by atoms with van der Waals surface area (Å²) in [6.45, 7) is 3.59. The van der Waals surface area contributed by atoms with Gasteiger partial charge in [0.05, 0.1) is 11.5 Å². The summed E-state index contributed by atoms with van der Waals surface area (Å²) in [7, 11) is 0. The van der Waals surface area contributed by atoms with Gasteiger partial charge in [-0.05, 0) is 24.9 Å². The standard InChI is InChI=1S/C8H11N3OS/c1-3-8(2,5-9)7(12)6-4-13-11-10-6/h4,7,12H,3H2,1-2H3. The monoisotopic (exact) mass is 197 g/mol. The second-order valence-electron chi connectivity index (χ2n) is 3.12. The molecule has 2 atom stereocenters. The van der Waals surface area contributed by atoms with Crippen molar-refractivity contribution in [3.05, 3.63) is 11.1 Å². The highest BCUT2D eigenvalue weighted by Crippen LogP contribution is 2.35. The van der Waals surface area contributed by atoms with Crippen LogP contribution >= 0.6 is 11.5 Å². The Hall–Kier alpha value is -0.990. The summed E-state index contributed by atoms with van der Waals surface area (Å²) in [5, 5.41) is 24.1. The molecule has 5 heteroatoms. The van der Waals surface area contributed by atoms with E-state index >= 15 is 0 Å². The average Bonchev–Trinajstić information content (AvgIpc) is 2.68. The molecule has 0 aliphatic heterocycles. The lowest BCUT2D eigenvalue weighted by atomic mass is 9.82. The number of rotatable bonds is 3. The number of aromatic nitrogens is 2. The number of hydrogen-bond acceptors (Lipinski definition) is 5. The van der Waals surface area contributed by atoms with Crippen molar-refractivity contribution >= 4 is 11.5 Å². The van der Waals surface area contributed by atoms with Crippen LogP contribution in [0.2, 0.25) is 0 Å². The van der Waals surface area contributed by atoms with Crippen molar-refractivity contribution in [2.75, 3.05) is 0 Å². The number of aliphatic hydroxyl groups is 1. The predicted octanol–water partition coefficient (Wildman–Crippen LogP) is 1.51. The summed E-state index contributed by atoms with van der Waals surface area (Å²) < 4.78 is 3.65. The highest BCUT2D eigenvalue weighted by atomic mass is 32.1. The third-order valence-electron chi connectivity index (χ3n) is 2.25. The Morgan fingerprint density at radius 2 is 2.54 bits per heavy atom. The summed E-state index contributed by atoms with van der Waals surface area (Å²) in [4.78, 5) is 0. The molecule has 0 saturated heterocycles. The molecule has 13 heavy (non-hydrogen) atoms. The van der Waals surface area contributed by atoms with Gasteiger partial charge in [-0.15, -0.1) is 5.10 Å². The minimum Gasteiger partial charge on any atom is -0.385 e. The maximum Gasteiger partial charge on any atom is 0.117 e. The smallest absolute Gasteiger partial charge is 0.117 e. The molecule has 0 aliphatic rings. The molecular formula is C8H11N3OS. The van der Waals surface area contributed by atoms with E-state index in [1.165, 1.54) is 11.5 Å². The van der Waals surface area contributed by atoms with Crippen LogP contribution in [0.15, 0.2) is 5.38 Å². The zero-order valence-electron chi connectivity index (χ0n) is 7.56. The zero-order valence-corrected chi connectivity index (χ0v) is 8.38. The van der Waals surface area contributed by atoms with E-state index in [1.807, 2.05) is 6.92 Å². The minimum absolute atomic E-state index is 0.482. The summed E-state index contributed by atoms with van der Waals surface area (Å²) >= 11 is 1.17. The van der Waals surface area contributed by atoms with Crippen molar-refractivity contribution in [3.63, 3.8) is 0 Å². The highest BCUT2D eigenvalue weighted by molar-refractivity contribution is 7.03. The van der Waals surface area contributed by atoms with Gasteiger partial charge >= 0.3 is 0 Å². The predicted molar refractivity (Wildman–Crippen MR) is 48.9 cm³/mol. The van der Waals surface area contributed by atoms with Gasteiger partial charge in [0.15, 0.2) is 0 Å².